The molecule has 0 radical (unpaired) electrons. The summed E-state index contributed by atoms with van der Waals surface area (Å²) in [6, 6.07) is 3.78. The summed E-state index contributed by atoms with van der Waals surface area (Å²) in [5.74, 6) is -0.0780. The number of anilines is 1. The molecule has 2 N–H and O–H groups in total. The van der Waals surface area contributed by atoms with Gasteiger partial charge in [0.25, 0.3) is 0 Å². The SMILES string of the molecule is CCn1cc(S(=O)(=O)N(CCC#N)CCC#N)c(N)n1. The van der Waals surface area contributed by atoms with Crippen molar-refractivity contribution in [2.45, 2.75) is 31.2 Å². The van der Waals surface area contributed by atoms with Crippen molar-refractivity contribution in [3.63, 3.8) is 0 Å². The molecule has 1 aromatic rings. The van der Waals surface area contributed by atoms with E-state index in [1.54, 1.807) is 0 Å². The van der Waals surface area contributed by atoms with Crippen LogP contribution in [0.25, 0.3) is 0 Å². The molecule has 1 heterocycles. The van der Waals surface area contributed by atoms with Crippen LogP contribution in [0.1, 0.15) is 19.8 Å². The third-order valence-electron chi connectivity index (χ3n) is 2.64. The van der Waals surface area contributed by atoms with Crippen molar-refractivity contribution >= 4 is 15.8 Å². The fourth-order valence-corrected chi connectivity index (χ4v) is 3.12. The van der Waals surface area contributed by atoms with Crippen LogP contribution >= 0.6 is 0 Å². The van der Waals surface area contributed by atoms with E-state index < -0.39 is 10.0 Å². The first kappa shape index (κ1) is 16.0. The number of rotatable bonds is 7. The van der Waals surface area contributed by atoms with Gasteiger partial charge in [0.1, 0.15) is 4.90 Å². The van der Waals surface area contributed by atoms with Crippen molar-refractivity contribution in [3.8, 4) is 12.1 Å². The highest BCUT2D eigenvalue weighted by Gasteiger charge is 2.28. The summed E-state index contributed by atoms with van der Waals surface area (Å²) in [4.78, 5) is -0.0878. The van der Waals surface area contributed by atoms with Crippen molar-refractivity contribution in [1.29, 1.82) is 10.5 Å². The van der Waals surface area contributed by atoms with Gasteiger partial charge in [-0.05, 0) is 6.92 Å². The van der Waals surface area contributed by atoms with Gasteiger partial charge in [-0.1, -0.05) is 0 Å². The van der Waals surface area contributed by atoms with Crippen LogP contribution in [0.3, 0.4) is 0 Å². The Morgan fingerprint density at radius 3 is 2.30 bits per heavy atom. The number of sulfonamides is 1. The number of nitrogens with zero attached hydrogens (tertiary/aromatic N) is 5. The average Bonchev–Trinajstić information content (AvgIpc) is 2.80. The molecule has 0 aromatic carbocycles. The molecule has 0 aliphatic carbocycles. The van der Waals surface area contributed by atoms with Crippen molar-refractivity contribution in [1.82, 2.24) is 14.1 Å². The van der Waals surface area contributed by atoms with Gasteiger partial charge in [-0.15, -0.1) is 0 Å². The van der Waals surface area contributed by atoms with Gasteiger partial charge in [0.2, 0.25) is 10.0 Å². The lowest BCUT2D eigenvalue weighted by Crippen LogP contribution is -2.33. The molecule has 108 valence electrons. The van der Waals surface area contributed by atoms with Crippen molar-refractivity contribution < 1.29 is 8.42 Å². The van der Waals surface area contributed by atoms with Gasteiger partial charge in [0.05, 0.1) is 12.1 Å². The Hall–Kier alpha value is -2.10. The van der Waals surface area contributed by atoms with Crippen LogP contribution < -0.4 is 5.73 Å². The second-order valence-electron chi connectivity index (χ2n) is 3.95. The lowest BCUT2D eigenvalue weighted by molar-refractivity contribution is 0.425. The summed E-state index contributed by atoms with van der Waals surface area (Å²) in [5.41, 5.74) is 5.63. The second kappa shape index (κ2) is 6.89. The van der Waals surface area contributed by atoms with Gasteiger partial charge in [0, 0.05) is 38.7 Å². The Morgan fingerprint density at radius 1 is 1.35 bits per heavy atom. The Bertz CT molecular complexity index is 619. The smallest absolute Gasteiger partial charge is 0.248 e. The number of aryl methyl sites for hydroxylation is 1. The standard InChI is InChI=1S/C11H16N6O2S/c1-2-16-9-10(11(14)15-16)20(18,19)17(7-3-5-12)8-4-6-13/h9H,2-4,7-8H2,1H3,(H2,14,15). The normalized spacial score (nSPS) is 11.2. The van der Waals surface area contributed by atoms with Gasteiger partial charge in [-0.2, -0.15) is 19.9 Å². The van der Waals surface area contributed by atoms with Gasteiger partial charge < -0.3 is 5.73 Å². The molecule has 0 saturated carbocycles. The van der Waals surface area contributed by atoms with Crippen LogP contribution in [0, 0.1) is 22.7 Å². The first-order chi connectivity index (χ1) is 9.47. The maximum absolute atomic E-state index is 12.5. The van der Waals surface area contributed by atoms with Gasteiger partial charge in [-0.3, -0.25) is 4.68 Å². The number of hydrogen-bond acceptors (Lipinski definition) is 6. The van der Waals surface area contributed by atoms with E-state index in [-0.39, 0.29) is 36.6 Å². The molecule has 0 aliphatic heterocycles. The molecule has 0 aliphatic rings. The number of aromatic nitrogens is 2. The Balaban J connectivity index is 3.11. The molecule has 0 saturated heterocycles. The summed E-state index contributed by atoms with van der Waals surface area (Å²) in [6.45, 7) is 2.36. The minimum Gasteiger partial charge on any atom is -0.381 e. The van der Waals surface area contributed by atoms with E-state index in [1.807, 2.05) is 19.1 Å². The van der Waals surface area contributed by atoms with Crippen LogP contribution in [0.2, 0.25) is 0 Å². The van der Waals surface area contributed by atoms with E-state index in [0.717, 1.165) is 4.31 Å². The van der Waals surface area contributed by atoms with E-state index in [2.05, 4.69) is 5.10 Å². The number of nitrogens with two attached hydrogens (primary N) is 1. The van der Waals surface area contributed by atoms with E-state index in [4.69, 9.17) is 16.3 Å². The monoisotopic (exact) mass is 296 g/mol. The van der Waals surface area contributed by atoms with Crippen LogP contribution in [-0.2, 0) is 16.6 Å². The molecule has 20 heavy (non-hydrogen) atoms. The third kappa shape index (κ3) is 3.47. The molecule has 8 nitrogen and oxygen atoms in total. The van der Waals surface area contributed by atoms with Crippen LogP contribution in [0.4, 0.5) is 5.82 Å². The molecule has 1 aromatic heterocycles. The zero-order chi connectivity index (χ0) is 15.2. The predicted molar refractivity (Wildman–Crippen MR) is 71.5 cm³/mol. The summed E-state index contributed by atoms with van der Waals surface area (Å²) >= 11 is 0. The summed E-state index contributed by atoms with van der Waals surface area (Å²) in [5, 5.41) is 21.1. The van der Waals surface area contributed by atoms with E-state index in [1.165, 1.54) is 10.9 Å². The number of hydrogen-bond donors (Lipinski definition) is 1. The molecule has 1 rings (SSSR count). The minimum absolute atomic E-state index is 0.0251. The molecule has 0 amide bonds. The Kier molecular flexibility index (Phi) is 5.50. The predicted octanol–water partition coefficient (Wildman–Crippen LogP) is 0.303. The Labute approximate surface area is 118 Å². The first-order valence-corrected chi connectivity index (χ1v) is 7.48. The summed E-state index contributed by atoms with van der Waals surface area (Å²) in [6.07, 6.45) is 1.45. The molecule has 9 heteroatoms. The van der Waals surface area contributed by atoms with Crippen molar-refractivity contribution in [3.05, 3.63) is 6.20 Å². The largest absolute Gasteiger partial charge is 0.381 e. The quantitative estimate of drug-likeness (QED) is 0.770. The molecule has 0 fully saturated rings. The Morgan fingerprint density at radius 2 is 1.90 bits per heavy atom. The molecule has 0 bridgehead atoms. The highest BCUT2D eigenvalue weighted by Crippen LogP contribution is 2.21. The zero-order valence-electron chi connectivity index (χ0n) is 11.2. The highest BCUT2D eigenvalue weighted by atomic mass is 32.2. The van der Waals surface area contributed by atoms with Crippen LogP contribution in [0.5, 0.6) is 0 Å². The first-order valence-electron chi connectivity index (χ1n) is 6.04. The van der Waals surface area contributed by atoms with Crippen LogP contribution in [-0.4, -0.2) is 35.6 Å². The minimum atomic E-state index is -3.84. The molecular weight excluding hydrogens is 280 g/mol. The fourth-order valence-electron chi connectivity index (χ4n) is 1.62. The van der Waals surface area contributed by atoms with Crippen LogP contribution in [0.15, 0.2) is 11.1 Å². The lowest BCUT2D eigenvalue weighted by atomic mass is 10.4. The summed E-state index contributed by atoms with van der Waals surface area (Å²) < 4.78 is 27.5. The average molecular weight is 296 g/mol. The third-order valence-corrected chi connectivity index (χ3v) is 4.56. The van der Waals surface area contributed by atoms with Gasteiger partial charge in [0.15, 0.2) is 5.82 Å². The van der Waals surface area contributed by atoms with E-state index >= 15 is 0 Å². The van der Waals surface area contributed by atoms with E-state index in [0.29, 0.717) is 6.54 Å². The highest BCUT2D eigenvalue weighted by molar-refractivity contribution is 7.89. The number of nitriles is 2. The van der Waals surface area contributed by atoms with Crippen molar-refractivity contribution in [2.75, 3.05) is 18.8 Å². The molecular formula is C11H16N6O2S. The topological polar surface area (TPSA) is 129 Å². The molecule has 0 spiro atoms. The van der Waals surface area contributed by atoms with Gasteiger partial charge in [-0.25, -0.2) is 8.42 Å². The second-order valence-corrected chi connectivity index (χ2v) is 5.86. The molecule has 0 atom stereocenters. The lowest BCUT2D eigenvalue weighted by Gasteiger charge is -2.19. The van der Waals surface area contributed by atoms with Gasteiger partial charge >= 0.3 is 0 Å². The summed E-state index contributed by atoms with van der Waals surface area (Å²) in [7, 11) is -3.84. The van der Waals surface area contributed by atoms with E-state index in [9.17, 15) is 8.42 Å². The maximum Gasteiger partial charge on any atom is 0.248 e. The fraction of sp³-hybridized carbons (Fsp3) is 0.545. The molecule has 0 unspecified atom stereocenters. The maximum atomic E-state index is 12.5. The zero-order valence-corrected chi connectivity index (χ0v) is 12.0. The number of nitrogen functional groups attached to an aromatic ring is 1. The van der Waals surface area contributed by atoms with Crippen molar-refractivity contribution in [2.24, 2.45) is 0 Å².